The number of hydrogen-bond donors (Lipinski definition) is 1. The van der Waals surface area contributed by atoms with Crippen LogP contribution in [0.3, 0.4) is 0 Å². The van der Waals surface area contributed by atoms with E-state index in [1.54, 1.807) is 12.4 Å². The molecule has 10 heavy (non-hydrogen) atoms. The van der Waals surface area contributed by atoms with Gasteiger partial charge < -0.3 is 10.1 Å². The molecule has 2 heterocycles. The fourth-order valence-electron chi connectivity index (χ4n) is 0.950. The molecule has 50 valence electrons. The van der Waals surface area contributed by atoms with Crippen molar-refractivity contribution in [2.45, 2.75) is 0 Å². The lowest BCUT2D eigenvalue weighted by molar-refractivity contribution is 1.15. The first-order valence-corrected chi connectivity index (χ1v) is 3.04. The van der Waals surface area contributed by atoms with Gasteiger partial charge in [0, 0.05) is 6.20 Å². The van der Waals surface area contributed by atoms with Crippen molar-refractivity contribution < 1.29 is 0 Å². The smallest absolute Gasteiger partial charge is 0.140 e. The normalized spacial score (nSPS) is 10.4. The lowest BCUT2D eigenvalue weighted by atomic mass is 10.5. The van der Waals surface area contributed by atoms with Crippen LogP contribution in [0.15, 0.2) is 30.7 Å². The molecule has 0 amide bonds. The summed E-state index contributed by atoms with van der Waals surface area (Å²) < 4.78 is 1.93. The SMILES string of the molecule is Nc1cn2cccc2cn1. The molecular formula is C7H7N3. The van der Waals surface area contributed by atoms with E-state index < -0.39 is 0 Å². The van der Waals surface area contributed by atoms with Gasteiger partial charge in [-0.1, -0.05) is 0 Å². The second-order valence-electron chi connectivity index (χ2n) is 2.15. The van der Waals surface area contributed by atoms with Crippen LogP contribution in [-0.4, -0.2) is 9.38 Å². The number of nitrogen functional groups attached to an aromatic ring is 1. The summed E-state index contributed by atoms with van der Waals surface area (Å²) in [5.41, 5.74) is 6.52. The molecule has 0 spiro atoms. The first-order valence-electron chi connectivity index (χ1n) is 3.04. The molecule has 2 aromatic rings. The summed E-state index contributed by atoms with van der Waals surface area (Å²) in [6, 6.07) is 3.93. The van der Waals surface area contributed by atoms with Crippen molar-refractivity contribution in [1.82, 2.24) is 9.38 Å². The fraction of sp³-hybridized carbons (Fsp3) is 0. The largest absolute Gasteiger partial charge is 0.382 e. The second-order valence-corrected chi connectivity index (χ2v) is 2.15. The van der Waals surface area contributed by atoms with Crippen LogP contribution in [0.2, 0.25) is 0 Å². The third-order valence-electron chi connectivity index (χ3n) is 1.43. The monoisotopic (exact) mass is 133 g/mol. The van der Waals surface area contributed by atoms with Crippen molar-refractivity contribution in [3.05, 3.63) is 30.7 Å². The Balaban J connectivity index is 2.86. The van der Waals surface area contributed by atoms with Crippen molar-refractivity contribution in [3.63, 3.8) is 0 Å². The van der Waals surface area contributed by atoms with Gasteiger partial charge in [-0.15, -0.1) is 0 Å². The van der Waals surface area contributed by atoms with Gasteiger partial charge in [0.15, 0.2) is 0 Å². The van der Waals surface area contributed by atoms with Gasteiger partial charge in [0.05, 0.1) is 17.9 Å². The van der Waals surface area contributed by atoms with Crippen LogP contribution < -0.4 is 5.73 Å². The fourth-order valence-corrected chi connectivity index (χ4v) is 0.950. The number of fused-ring (bicyclic) bond motifs is 1. The highest BCUT2D eigenvalue weighted by Gasteiger charge is 1.90. The Morgan fingerprint density at radius 2 is 2.40 bits per heavy atom. The number of nitrogens with two attached hydrogens (primary N) is 1. The van der Waals surface area contributed by atoms with E-state index in [4.69, 9.17) is 5.73 Å². The van der Waals surface area contributed by atoms with Gasteiger partial charge in [0.25, 0.3) is 0 Å². The van der Waals surface area contributed by atoms with E-state index in [9.17, 15) is 0 Å². The topological polar surface area (TPSA) is 43.3 Å². The summed E-state index contributed by atoms with van der Waals surface area (Å²) in [6.45, 7) is 0. The van der Waals surface area contributed by atoms with E-state index in [2.05, 4.69) is 4.98 Å². The van der Waals surface area contributed by atoms with Crippen molar-refractivity contribution in [2.75, 3.05) is 5.73 Å². The molecule has 3 nitrogen and oxygen atoms in total. The van der Waals surface area contributed by atoms with E-state index in [0.29, 0.717) is 5.82 Å². The van der Waals surface area contributed by atoms with Crippen molar-refractivity contribution in [2.24, 2.45) is 0 Å². The highest BCUT2D eigenvalue weighted by molar-refractivity contribution is 5.47. The standard InChI is InChI=1S/C7H7N3/c8-7-5-10-3-1-2-6(10)4-9-7/h1-5H,8H2. The molecule has 2 rings (SSSR count). The van der Waals surface area contributed by atoms with Crippen LogP contribution in [0.4, 0.5) is 5.82 Å². The molecular weight excluding hydrogens is 126 g/mol. The Hall–Kier alpha value is -1.51. The molecule has 0 saturated carbocycles. The van der Waals surface area contributed by atoms with E-state index in [1.165, 1.54) is 0 Å². The number of aromatic nitrogens is 2. The van der Waals surface area contributed by atoms with Crippen molar-refractivity contribution >= 4 is 11.3 Å². The zero-order valence-corrected chi connectivity index (χ0v) is 5.36. The van der Waals surface area contributed by atoms with Crippen LogP contribution in [0.1, 0.15) is 0 Å². The van der Waals surface area contributed by atoms with Gasteiger partial charge in [0.2, 0.25) is 0 Å². The number of rotatable bonds is 0. The minimum absolute atomic E-state index is 0.545. The average Bonchev–Trinajstić information content (AvgIpc) is 2.33. The maximum Gasteiger partial charge on any atom is 0.140 e. The molecule has 0 aliphatic carbocycles. The maximum absolute atomic E-state index is 5.45. The molecule has 2 N–H and O–H groups in total. The maximum atomic E-state index is 5.45. The summed E-state index contributed by atoms with van der Waals surface area (Å²) in [7, 11) is 0. The molecule has 0 aliphatic rings. The van der Waals surface area contributed by atoms with Crippen LogP contribution >= 0.6 is 0 Å². The van der Waals surface area contributed by atoms with Crippen LogP contribution in [0.5, 0.6) is 0 Å². The molecule has 2 aromatic heterocycles. The van der Waals surface area contributed by atoms with Crippen LogP contribution in [-0.2, 0) is 0 Å². The lowest BCUT2D eigenvalue weighted by Gasteiger charge is -1.93. The lowest BCUT2D eigenvalue weighted by Crippen LogP contribution is -1.92. The van der Waals surface area contributed by atoms with E-state index in [0.717, 1.165) is 5.52 Å². The van der Waals surface area contributed by atoms with Crippen molar-refractivity contribution in [3.8, 4) is 0 Å². The van der Waals surface area contributed by atoms with E-state index in [-0.39, 0.29) is 0 Å². The van der Waals surface area contributed by atoms with Gasteiger partial charge in [-0.2, -0.15) is 0 Å². The summed E-state index contributed by atoms with van der Waals surface area (Å²) in [5.74, 6) is 0.545. The van der Waals surface area contributed by atoms with Gasteiger partial charge in [-0.25, -0.2) is 4.98 Å². The second kappa shape index (κ2) is 1.73. The van der Waals surface area contributed by atoms with Crippen LogP contribution in [0, 0.1) is 0 Å². The Kier molecular flexibility index (Phi) is 0.917. The molecule has 3 heteroatoms. The minimum atomic E-state index is 0.545. The van der Waals surface area contributed by atoms with Gasteiger partial charge in [-0.05, 0) is 12.1 Å². The predicted molar refractivity (Wildman–Crippen MR) is 39.6 cm³/mol. The Labute approximate surface area is 58.1 Å². The molecule has 0 aromatic carbocycles. The molecule has 0 radical (unpaired) electrons. The number of hydrogen-bond acceptors (Lipinski definition) is 2. The Morgan fingerprint density at radius 3 is 3.30 bits per heavy atom. The van der Waals surface area contributed by atoms with Gasteiger partial charge in [-0.3, -0.25) is 0 Å². The Morgan fingerprint density at radius 1 is 1.50 bits per heavy atom. The molecule has 0 aliphatic heterocycles. The summed E-state index contributed by atoms with van der Waals surface area (Å²) in [4.78, 5) is 3.94. The molecule has 0 bridgehead atoms. The summed E-state index contributed by atoms with van der Waals surface area (Å²) in [5, 5.41) is 0. The summed E-state index contributed by atoms with van der Waals surface area (Å²) >= 11 is 0. The summed E-state index contributed by atoms with van der Waals surface area (Å²) in [6.07, 6.45) is 5.47. The molecule has 0 atom stereocenters. The Bertz CT molecular complexity index is 350. The molecule has 0 saturated heterocycles. The first-order chi connectivity index (χ1) is 4.86. The number of anilines is 1. The highest BCUT2D eigenvalue weighted by Crippen LogP contribution is 2.03. The highest BCUT2D eigenvalue weighted by atomic mass is 14.9. The van der Waals surface area contributed by atoms with E-state index in [1.807, 2.05) is 22.7 Å². The van der Waals surface area contributed by atoms with Gasteiger partial charge in [0.1, 0.15) is 5.82 Å². The van der Waals surface area contributed by atoms with Crippen LogP contribution in [0.25, 0.3) is 5.52 Å². The minimum Gasteiger partial charge on any atom is -0.382 e. The van der Waals surface area contributed by atoms with Gasteiger partial charge >= 0.3 is 0 Å². The van der Waals surface area contributed by atoms with E-state index >= 15 is 0 Å². The third-order valence-corrected chi connectivity index (χ3v) is 1.43. The molecule has 0 fully saturated rings. The number of nitrogens with zero attached hydrogens (tertiary/aromatic N) is 2. The zero-order valence-electron chi connectivity index (χ0n) is 5.36. The zero-order chi connectivity index (χ0) is 6.97. The first kappa shape index (κ1) is 5.29. The van der Waals surface area contributed by atoms with Crippen molar-refractivity contribution in [1.29, 1.82) is 0 Å². The third kappa shape index (κ3) is 0.639. The molecule has 0 unspecified atom stereocenters. The predicted octanol–water partition coefficient (Wildman–Crippen LogP) is 0.917. The quantitative estimate of drug-likeness (QED) is 0.580. The average molecular weight is 133 g/mol.